The Labute approximate surface area is 194 Å². The first-order valence-corrected chi connectivity index (χ1v) is 10.9. The second-order valence-electron chi connectivity index (χ2n) is 7.32. The Morgan fingerprint density at radius 2 is 1.66 bits per heavy atom. The van der Waals surface area contributed by atoms with Crippen molar-refractivity contribution in [2.24, 2.45) is 0 Å². The molecule has 0 aliphatic rings. The predicted octanol–water partition coefficient (Wildman–Crippen LogP) is 5.18. The van der Waals surface area contributed by atoms with Crippen LogP contribution in [-0.2, 0) is 16.0 Å². The minimum absolute atomic E-state index is 0.335. The summed E-state index contributed by atoms with van der Waals surface area (Å²) in [7, 11) is 1.32. The van der Waals surface area contributed by atoms with E-state index in [-0.39, 0.29) is 5.91 Å². The Morgan fingerprint density at radius 3 is 2.38 bits per heavy atom. The van der Waals surface area contributed by atoms with Crippen molar-refractivity contribution >= 4 is 38.7 Å². The van der Waals surface area contributed by atoms with E-state index in [1.54, 1.807) is 6.07 Å². The van der Waals surface area contributed by atoms with E-state index in [1.165, 1.54) is 7.11 Å². The monoisotopic (exact) mass is 488 g/mol. The van der Waals surface area contributed by atoms with E-state index in [1.807, 2.05) is 78.9 Å². The molecule has 0 radical (unpaired) electrons. The van der Waals surface area contributed by atoms with Crippen LogP contribution in [0.15, 0.2) is 89.4 Å². The van der Waals surface area contributed by atoms with E-state index in [4.69, 9.17) is 9.72 Å². The highest BCUT2D eigenvalue weighted by Gasteiger charge is 2.24. The largest absolute Gasteiger partial charge is 0.467 e. The number of halogens is 1. The molecule has 3 aromatic carbocycles. The molecule has 0 aliphatic carbocycles. The average molecular weight is 489 g/mol. The molecule has 0 saturated carbocycles. The summed E-state index contributed by atoms with van der Waals surface area (Å²) in [5.74, 6) is -0.845. The molecule has 0 fully saturated rings. The van der Waals surface area contributed by atoms with Gasteiger partial charge in [-0.2, -0.15) is 0 Å². The van der Waals surface area contributed by atoms with Crippen LogP contribution < -0.4 is 5.32 Å². The number of rotatable bonds is 6. The summed E-state index contributed by atoms with van der Waals surface area (Å²) in [6.07, 6.45) is 0.335. The molecule has 1 unspecified atom stereocenters. The first-order valence-electron chi connectivity index (χ1n) is 10.1. The molecule has 1 heterocycles. The van der Waals surface area contributed by atoms with Crippen molar-refractivity contribution in [3.05, 3.63) is 101 Å². The number of fused-ring (bicyclic) bond motifs is 1. The minimum atomic E-state index is -0.807. The summed E-state index contributed by atoms with van der Waals surface area (Å²) in [6, 6.07) is 25.7. The number of nitrogens with zero attached hydrogens (tertiary/aromatic N) is 1. The zero-order valence-corrected chi connectivity index (χ0v) is 19.0. The molecule has 0 spiro atoms. The number of hydrogen-bond donors (Lipinski definition) is 1. The van der Waals surface area contributed by atoms with Gasteiger partial charge in [0.05, 0.1) is 23.9 Å². The summed E-state index contributed by atoms with van der Waals surface area (Å²) in [5, 5.41) is 3.58. The number of benzene rings is 3. The van der Waals surface area contributed by atoms with E-state index < -0.39 is 12.0 Å². The second-order valence-corrected chi connectivity index (χ2v) is 8.23. The van der Waals surface area contributed by atoms with E-state index in [0.29, 0.717) is 28.6 Å². The Bertz CT molecular complexity index is 1260. The standard InChI is InChI=1S/C26H21BrN2O3/c1-32-26(31)24(15-17-7-3-2-4-8-17)29-25(30)21-16-23(18-11-13-19(27)14-12-18)28-22-10-6-5-9-20(21)22/h2-14,16,24H,15H2,1H3,(H,29,30). The van der Waals surface area contributed by atoms with Crippen LogP contribution in [0.2, 0.25) is 0 Å². The van der Waals surface area contributed by atoms with Crippen LogP contribution >= 0.6 is 15.9 Å². The van der Waals surface area contributed by atoms with Gasteiger partial charge in [0.2, 0.25) is 0 Å². The molecular formula is C26H21BrN2O3. The SMILES string of the molecule is COC(=O)C(Cc1ccccc1)NC(=O)c1cc(-c2ccc(Br)cc2)nc2ccccc12. The summed E-state index contributed by atoms with van der Waals surface area (Å²) in [6.45, 7) is 0. The van der Waals surface area contributed by atoms with Crippen molar-refractivity contribution in [3.63, 3.8) is 0 Å². The van der Waals surface area contributed by atoms with Crippen molar-refractivity contribution < 1.29 is 14.3 Å². The fourth-order valence-electron chi connectivity index (χ4n) is 3.55. The van der Waals surface area contributed by atoms with Gasteiger partial charge in [-0.05, 0) is 29.8 Å². The van der Waals surface area contributed by atoms with Gasteiger partial charge in [-0.25, -0.2) is 9.78 Å². The maximum Gasteiger partial charge on any atom is 0.328 e. The first-order chi connectivity index (χ1) is 15.5. The molecule has 1 aromatic heterocycles. The number of hydrogen-bond acceptors (Lipinski definition) is 4. The predicted molar refractivity (Wildman–Crippen MR) is 128 cm³/mol. The molecule has 32 heavy (non-hydrogen) atoms. The smallest absolute Gasteiger partial charge is 0.328 e. The van der Waals surface area contributed by atoms with Crippen LogP contribution in [0.5, 0.6) is 0 Å². The van der Waals surface area contributed by atoms with Crippen molar-refractivity contribution in [1.82, 2.24) is 10.3 Å². The molecule has 4 aromatic rings. The quantitative estimate of drug-likeness (QED) is 0.379. The molecule has 1 N–H and O–H groups in total. The van der Waals surface area contributed by atoms with E-state index in [9.17, 15) is 9.59 Å². The number of carbonyl (C=O) groups is 2. The summed E-state index contributed by atoms with van der Waals surface area (Å²) in [4.78, 5) is 30.5. The number of pyridine rings is 1. The molecule has 0 bridgehead atoms. The Morgan fingerprint density at radius 1 is 0.969 bits per heavy atom. The number of aromatic nitrogens is 1. The normalized spacial score (nSPS) is 11.7. The molecule has 6 heteroatoms. The van der Waals surface area contributed by atoms with Crippen molar-refractivity contribution in [2.45, 2.75) is 12.5 Å². The number of ether oxygens (including phenoxy) is 1. The third kappa shape index (κ3) is 4.86. The summed E-state index contributed by atoms with van der Waals surface area (Å²) >= 11 is 3.44. The van der Waals surface area contributed by atoms with Crippen molar-refractivity contribution in [2.75, 3.05) is 7.11 Å². The van der Waals surface area contributed by atoms with E-state index >= 15 is 0 Å². The lowest BCUT2D eigenvalue weighted by atomic mass is 10.0. The number of carbonyl (C=O) groups excluding carboxylic acids is 2. The second kappa shape index (κ2) is 9.75. The van der Waals surface area contributed by atoms with Crippen LogP contribution in [0.4, 0.5) is 0 Å². The Balaban J connectivity index is 1.71. The van der Waals surface area contributed by atoms with Gasteiger partial charge in [0.1, 0.15) is 6.04 Å². The Hall–Kier alpha value is -3.51. The highest BCUT2D eigenvalue weighted by Crippen LogP contribution is 2.26. The molecule has 160 valence electrons. The molecule has 0 saturated heterocycles. The van der Waals surface area contributed by atoms with Gasteiger partial charge in [0.25, 0.3) is 5.91 Å². The maximum atomic E-state index is 13.4. The molecule has 5 nitrogen and oxygen atoms in total. The maximum absolute atomic E-state index is 13.4. The number of para-hydroxylation sites is 1. The fraction of sp³-hybridized carbons (Fsp3) is 0.115. The zero-order valence-electron chi connectivity index (χ0n) is 17.4. The van der Waals surface area contributed by atoms with Gasteiger partial charge in [0, 0.05) is 21.8 Å². The number of nitrogens with one attached hydrogen (secondary N) is 1. The van der Waals surface area contributed by atoms with Crippen LogP contribution in [0.25, 0.3) is 22.2 Å². The van der Waals surface area contributed by atoms with Crippen LogP contribution in [0.3, 0.4) is 0 Å². The van der Waals surface area contributed by atoms with Gasteiger partial charge in [-0.1, -0.05) is 76.6 Å². The lowest BCUT2D eigenvalue weighted by Gasteiger charge is -2.18. The van der Waals surface area contributed by atoms with Crippen LogP contribution in [-0.4, -0.2) is 30.0 Å². The molecule has 0 aliphatic heterocycles. The Kier molecular flexibility index (Phi) is 6.61. The lowest BCUT2D eigenvalue weighted by Crippen LogP contribution is -2.43. The lowest BCUT2D eigenvalue weighted by molar-refractivity contribution is -0.142. The number of methoxy groups -OCH3 is 1. The van der Waals surface area contributed by atoms with Crippen molar-refractivity contribution in [3.8, 4) is 11.3 Å². The van der Waals surface area contributed by atoms with Gasteiger partial charge in [-0.15, -0.1) is 0 Å². The highest BCUT2D eigenvalue weighted by molar-refractivity contribution is 9.10. The third-order valence-corrected chi connectivity index (χ3v) is 5.70. The van der Waals surface area contributed by atoms with Crippen LogP contribution in [0.1, 0.15) is 15.9 Å². The first kappa shape index (κ1) is 21.7. The molecule has 1 atom stereocenters. The molecule has 4 rings (SSSR count). The molecular weight excluding hydrogens is 468 g/mol. The van der Waals surface area contributed by atoms with E-state index in [2.05, 4.69) is 21.2 Å². The average Bonchev–Trinajstić information content (AvgIpc) is 2.83. The van der Waals surface area contributed by atoms with Gasteiger partial charge >= 0.3 is 5.97 Å². The zero-order chi connectivity index (χ0) is 22.5. The van der Waals surface area contributed by atoms with Gasteiger partial charge in [0.15, 0.2) is 0 Å². The number of amides is 1. The highest BCUT2D eigenvalue weighted by atomic mass is 79.9. The van der Waals surface area contributed by atoms with Crippen molar-refractivity contribution in [1.29, 1.82) is 0 Å². The van der Waals surface area contributed by atoms with Gasteiger partial charge in [-0.3, -0.25) is 4.79 Å². The topological polar surface area (TPSA) is 68.3 Å². The molecule has 1 amide bonds. The number of esters is 1. The van der Waals surface area contributed by atoms with Gasteiger partial charge < -0.3 is 10.1 Å². The van der Waals surface area contributed by atoms with E-state index in [0.717, 1.165) is 15.6 Å². The third-order valence-electron chi connectivity index (χ3n) is 5.17. The fourth-order valence-corrected chi connectivity index (χ4v) is 3.82. The summed E-state index contributed by atoms with van der Waals surface area (Å²) < 4.78 is 5.90. The van der Waals surface area contributed by atoms with Crippen LogP contribution in [0, 0.1) is 0 Å². The summed E-state index contributed by atoms with van der Waals surface area (Å²) in [5.41, 5.74) is 3.66. The minimum Gasteiger partial charge on any atom is -0.467 e.